The minimum atomic E-state index is 0.508. The van der Waals surface area contributed by atoms with Gasteiger partial charge in [0.2, 0.25) is 0 Å². The van der Waals surface area contributed by atoms with E-state index in [-0.39, 0.29) is 0 Å². The summed E-state index contributed by atoms with van der Waals surface area (Å²) in [5.41, 5.74) is 0. The Bertz CT molecular complexity index is 327. The molecule has 0 spiro atoms. The molecule has 1 aromatic rings. The molecular formula is C14H23NS. The molecule has 0 amide bonds. The minimum absolute atomic E-state index is 0.508. The van der Waals surface area contributed by atoms with Crippen LogP contribution in [0.5, 0.6) is 0 Å². The fourth-order valence-corrected chi connectivity index (χ4v) is 3.38. The highest BCUT2D eigenvalue weighted by molar-refractivity contribution is 7.12. The minimum Gasteiger partial charge on any atom is -0.307 e. The van der Waals surface area contributed by atoms with Crippen molar-refractivity contribution >= 4 is 11.3 Å². The molecular weight excluding hydrogens is 214 g/mol. The van der Waals surface area contributed by atoms with Crippen LogP contribution in [0.3, 0.4) is 0 Å². The maximum Gasteiger partial charge on any atom is 0.0388 e. The van der Waals surface area contributed by atoms with E-state index in [1.165, 1.54) is 35.4 Å². The summed E-state index contributed by atoms with van der Waals surface area (Å²) >= 11 is 1.91. The molecule has 2 heteroatoms. The Kier molecular flexibility index (Phi) is 4.04. The van der Waals surface area contributed by atoms with E-state index in [1.54, 1.807) is 0 Å². The average Bonchev–Trinajstić information content (AvgIpc) is 2.58. The van der Waals surface area contributed by atoms with Crippen molar-refractivity contribution in [1.82, 2.24) is 5.32 Å². The molecule has 0 aliphatic heterocycles. The highest BCUT2D eigenvalue weighted by atomic mass is 32.1. The van der Waals surface area contributed by atoms with Crippen LogP contribution >= 0.6 is 11.3 Å². The first-order valence-corrected chi connectivity index (χ1v) is 7.29. The second-order valence-corrected chi connectivity index (χ2v) is 6.59. The van der Waals surface area contributed by atoms with Gasteiger partial charge >= 0.3 is 0 Å². The predicted molar refractivity (Wildman–Crippen MR) is 72.0 cm³/mol. The number of rotatable bonds is 5. The lowest BCUT2D eigenvalue weighted by Gasteiger charge is -2.29. The zero-order valence-electron chi connectivity index (χ0n) is 10.6. The molecule has 0 bridgehead atoms. The lowest BCUT2D eigenvalue weighted by molar-refractivity contribution is 0.260. The molecule has 0 radical (unpaired) electrons. The van der Waals surface area contributed by atoms with Crippen LogP contribution in [0.2, 0.25) is 0 Å². The van der Waals surface area contributed by atoms with Crippen LogP contribution in [0.25, 0.3) is 0 Å². The van der Waals surface area contributed by atoms with Crippen molar-refractivity contribution in [1.29, 1.82) is 0 Å². The Morgan fingerprint density at radius 1 is 1.38 bits per heavy atom. The average molecular weight is 237 g/mol. The third-order valence-electron chi connectivity index (χ3n) is 3.63. The van der Waals surface area contributed by atoms with Gasteiger partial charge in [0.15, 0.2) is 0 Å². The smallest absolute Gasteiger partial charge is 0.0388 e. The predicted octanol–water partition coefficient (Wildman–Crippen LogP) is 4.29. The first-order chi connectivity index (χ1) is 7.65. The lowest BCUT2D eigenvalue weighted by atomic mass is 9.81. The summed E-state index contributed by atoms with van der Waals surface area (Å²) in [5, 5.41) is 3.72. The standard InChI is InChI=1S/C14H23NS/c1-10(9-13-5-4-6-13)15-12(3)14-8-7-11(2)16-14/h7-8,10,12-13,15H,4-6,9H2,1-3H3. The SMILES string of the molecule is Cc1ccc(C(C)NC(C)CC2CCC2)s1. The number of hydrogen-bond donors (Lipinski definition) is 1. The molecule has 0 aromatic carbocycles. The number of thiophene rings is 1. The topological polar surface area (TPSA) is 12.0 Å². The molecule has 90 valence electrons. The van der Waals surface area contributed by atoms with Gasteiger partial charge in [-0.3, -0.25) is 0 Å². The van der Waals surface area contributed by atoms with E-state index < -0.39 is 0 Å². The van der Waals surface area contributed by atoms with Crippen molar-refractivity contribution < 1.29 is 0 Å². The van der Waals surface area contributed by atoms with E-state index in [9.17, 15) is 0 Å². The highest BCUT2D eigenvalue weighted by Crippen LogP contribution is 2.31. The number of aryl methyl sites for hydroxylation is 1. The van der Waals surface area contributed by atoms with Crippen LogP contribution in [0, 0.1) is 12.8 Å². The van der Waals surface area contributed by atoms with Crippen LogP contribution in [0.4, 0.5) is 0 Å². The van der Waals surface area contributed by atoms with E-state index in [0.29, 0.717) is 12.1 Å². The summed E-state index contributed by atoms with van der Waals surface area (Å²) in [6, 6.07) is 5.64. The van der Waals surface area contributed by atoms with Gasteiger partial charge in [-0.25, -0.2) is 0 Å². The fraction of sp³-hybridized carbons (Fsp3) is 0.714. The van der Waals surface area contributed by atoms with E-state index in [1.807, 2.05) is 11.3 Å². The summed E-state index contributed by atoms with van der Waals surface area (Å²) in [4.78, 5) is 2.88. The summed E-state index contributed by atoms with van der Waals surface area (Å²) < 4.78 is 0. The van der Waals surface area contributed by atoms with Crippen molar-refractivity contribution in [2.45, 2.75) is 58.5 Å². The molecule has 1 aliphatic carbocycles. The lowest BCUT2D eigenvalue weighted by Crippen LogP contribution is -2.31. The molecule has 1 aromatic heterocycles. The normalized spacial score (nSPS) is 20.4. The van der Waals surface area contributed by atoms with E-state index in [0.717, 1.165) is 5.92 Å². The van der Waals surface area contributed by atoms with Gasteiger partial charge in [-0.2, -0.15) is 0 Å². The van der Waals surface area contributed by atoms with Gasteiger partial charge < -0.3 is 5.32 Å². The van der Waals surface area contributed by atoms with Gasteiger partial charge in [0.05, 0.1) is 0 Å². The Balaban J connectivity index is 1.79. The molecule has 1 saturated carbocycles. The highest BCUT2D eigenvalue weighted by Gasteiger charge is 2.21. The maximum absolute atomic E-state index is 3.72. The molecule has 1 N–H and O–H groups in total. The van der Waals surface area contributed by atoms with Crippen LogP contribution in [0.1, 0.15) is 55.3 Å². The van der Waals surface area contributed by atoms with Crippen LogP contribution < -0.4 is 5.32 Å². The van der Waals surface area contributed by atoms with Crippen molar-refractivity contribution in [3.05, 3.63) is 21.9 Å². The molecule has 2 atom stereocenters. The molecule has 2 unspecified atom stereocenters. The van der Waals surface area contributed by atoms with Crippen LogP contribution in [-0.4, -0.2) is 6.04 Å². The van der Waals surface area contributed by atoms with Crippen molar-refractivity contribution in [3.8, 4) is 0 Å². The molecule has 1 aliphatic rings. The second kappa shape index (κ2) is 5.33. The van der Waals surface area contributed by atoms with Gasteiger partial charge in [0, 0.05) is 21.8 Å². The molecule has 1 nitrogen and oxygen atoms in total. The summed E-state index contributed by atoms with van der Waals surface area (Å²) in [6.45, 7) is 6.79. The first-order valence-electron chi connectivity index (χ1n) is 6.47. The number of nitrogens with one attached hydrogen (secondary N) is 1. The summed E-state index contributed by atoms with van der Waals surface area (Å²) in [7, 11) is 0. The molecule has 2 rings (SSSR count). The monoisotopic (exact) mass is 237 g/mol. The molecule has 0 saturated heterocycles. The Hall–Kier alpha value is -0.340. The van der Waals surface area contributed by atoms with Gasteiger partial charge in [-0.05, 0) is 45.2 Å². The quantitative estimate of drug-likeness (QED) is 0.805. The zero-order chi connectivity index (χ0) is 11.5. The Morgan fingerprint density at radius 3 is 2.62 bits per heavy atom. The van der Waals surface area contributed by atoms with Gasteiger partial charge in [0.1, 0.15) is 0 Å². The number of hydrogen-bond acceptors (Lipinski definition) is 2. The second-order valence-electron chi connectivity index (χ2n) is 5.27. The van der Waals surface area contributed by atoms with E-state index in [4.69, 9.17) is 0 Å². The molecule has 16 heavy (non-hydrogen) atoms. The largest absolute Gasteiger partial charge is 0.307 e. The maximum atomic E-state index is 3.72. The van der Waals surface area contributed by atoms with Gasteiger partial charge in [-0.15, -0.1) is 11.3 Å². The van der Waals surface area contributed by atoms with Crippen LogP contribution in [-0.2, 0) is 0 Å². The fourth-order valence-electron chi connectivity index (χ4n) is 2.49. The molecule has 1 heterocycles. The van der Waals surface area contributed by atoms with E-state index in [2.05, 4.69) is 38.2 Å². The summed E-state index contributed by atoms with van der Waals surface area (Å²) in [5.74, 6) is 1.000. The third kappa shape index (κ3) is 3.08. The first kappa shape index (κ1) is 12.1. The Morgan fingerprint density at radius 2 is 2.12 bits per heavy atom. The zero-order valence-corrected chi connectivity index (χ0v) is 11.4. The van der Waals surface area contributed by atoms with E-state index >= 15 is 0 Å². The van der Waals surface area contributed by atoms with Gasteiger partial charge in [-0.1, -0.05) is 19.3 Å². The van der Waals surface area contributed by atoms with Crippen LogP contribution in [0.15, 0.2) is 12.1 Å². The molecule has 1 fully saturated rings. The third-order valence-corrected chi connectivity index (χ3v) is 4.82. The van der Waals surface area contributed by atoms with Crippen molar-refractivity contribution in [3.63, 3.8) is 0 Å². The van der Waals surface area contributed by atoms with Gasteiger partial charge in [0.25, 0.3) is 0 Å². The summed E-state index contributed by atoms with van der Waals surface area (Å²) in [6.07, 6.45) is 5.72. The Labute approximate surface area is 103 Å². The van der Waals surface area contributed by atoms with Crippen molar-refractivity contribution in [2.75, 3.05) is 0 Å². The van der Waals surface area contributed by atoms with Crippen molar-refractivity contribution in [2.24, 2.45) is 5.92 Å².